The molecule has 0 rings (SSSR count). The predicted octanol–water partition coefficient (Wildman–Crippen LogP) is -0.742. The van der Waals surface area contributed by atoms with Crippen LogP contribution in [0.5, 0.6) is 0 Å². The third-order valence-electron chi connectivity index (χ3n) is 0.526. The zero-order valence-corrected chi connectivity index (χ0v) is 6.25. The van der Waals surface area contributed by atoms with E-state index >= 15 is 0 Å². The molecule has 64 valence electrons. The van der Waals surface area contributed by atoms with Gasteiger partial charge in [-0.25, -0.2) is 4.79 Å². The van der Waals surface area contributed by atoms with Crippen molar-refractivity contribution in [1.29, 1.82) is 0 Å². The highest BCUT2D eigenvalue weighted by atomic mass is 32.3. The largest absolute Gasteiger partial charge is 0.356 e. The maximum Gasteiger partial charge on any atom is 0.356 e. The molecular weight excluding hydrogens is 206 g/mol. The van der Waals surface area contributed by atoms with Crippen LogP contribution in [-0.2, 0) is 25.2 Å². The zero-order valence-electron chi connectivity index (χ0n) is 4.61. The summed E-state index contributed by atoms with van der Waals surface area (Å²) in [5.41, 5.74) is 0. The van der Waals surface area contributed by atoms with Crippen molar-refractivity contribution in [3.05, 3.63) is 4.24 Å². The Kier molecular flexibility index (Phi) is 2.49. The third-order valence-corrected chi connectivity index (χ3v) is 2.77. The number of hydrogen-bond donors (Lipinski definition) is 0. The van der Waals surface area contributed by atoms with Crippen LogP contribution in [0.1, 0.15) is 0 Å². The van der Waals surface area contributed by atoms with E-state index in [4.69, 9.17) is 0 Å². The van der Waals surface area contributed by atoms with E-state index in [1.54, 1.807) is 0 Å². The Morgan fingerprint density at radius 2 is 1.27 bits per heavy atom. The minimum absolute atomic E-state index is 0.123. The van der Waals surface area contributed by atoms with Gasteiger partial charge in [-0.15, -0.1) is 0 Å². The molecule has 0 spiro atoms. The van der Waals surface area contributed by atoms with Crippen LogP contribution in [0, 0.1) is 0 Å². The quantitative estimate of drug-likeness (QED) is 0.438. The molecule has 0 atom stereocenters. The first-order valence-corrected chi connectivity index (χ1v) is 4.60. The molecule has 0 aliphatic rings. The Morgan fingerprint density at radius 1 is 1.00 bits per heavy atom. The van der Waals surface area contributed by atoms with Crippen LogP contribution in [0.3, 0.4) is 0 Å². The van der Waals surface area contributed by atoms with E-state index in [0.717, 1.165) is 0 Å². The van der Waals surface area contributed by atoms with Gasteiger partial charge in [0.2, 0.25) is 0 Å². The lowest BCUT2D eigenvalue weighted by Crippen LogP contribution is -2.05. The summed E-state index contributed by atoms with van der Waals surface area (Å²) in [6, 6.07) is 0. The van der Waals surface area contributed by atoms with E-state index in [0.29, 0.717) is 0 Å². The Hall–Kier alpha value is -0.790. The lowest BCUT2D eigenvalue weighted by Gasteiger charge is -1.87. The minimum atomic E-state index is -5.84. The molecule has 5 nitrogen and oxygen atoms in total. The number of hydrogen-bond acceptors (Lipinski definition) is 5. The molecule has 0 aromatic carbocycles. The Morgan fingerprint density at radius 3 is 1.27 bits per heavy atom. The number of rotatable bonds is 2. The highest BCUT2D eigenvalue weighted by Gasteiger charge is 2.32. The second-order valence-corrected chi connectivity index (χ2v) is 4.09. The molecule has 0 aliphatic carbocycles. The van der Waals surface area contributed by atoms with Gasteiger partial charge >= 0.3 is 24.7 Å². The van der Waals surface area contributed by atoms with Crippen LogP contribution in [0.15, 0.2) is 4.24 Å². The first-order chi connectivity index (χ1) is 4.69. The van der Waals surface area contributed by atoms with Crippen molar-refractivity contribution in [2.75, 3.05) is 0 Å². The molecule has 0 heterocycles. The summed E-state index contributed by atoms with van der Waals surface area (Å²) < 4.78 is 59.2. The van der Waals surface area contributed by atoms with Crippen molar-refractivity contribution in [2.45, 2.75) is 0 Å². The highest BCUT2D eigenvalue weighted by Crippen LogP contribution is 2.14. The summed E-state index contributed by atoms with van der Waals surface area (Å²) in [6.45, 7) is 0. The van der Waals surface area contributed by atoms with E-state index < -0.39 is 24.7 Å². The Labute approximate surface area is 60.7 Å². The van der Waals surface area contributed by atoms with Crippen molar-refractivity contribution in [3.8, 4) is 0 Å². The first kappa shape index (κ1) is 10.2. The van der Waals surface area contributed by atoms with Gasteiger partial charge in [-0.1, -0.05) is 7.77 Å². The molecule has 0 saturated carbocycles. The minimum Gasteiger partial charge on any atom is -0.231 e. The molecule has 0 radical (unpaired) electrons. The van der Waals surface area contributed by atoms with Gasteiger partial charge in [0.1, 0.15) is 0 Å². The average Bonchev–Trinajstić information content (AvgIpc) is 1.56. The van der Waals surface area contributed by atoms with Gasteiger partial charge in [-0.2, -0.15) is 16.8 Å². The molecule has 9 heteroatoms. The van der Waals surface area contributed by atoms with Crippen LogP contribution in [0.2, 0.25) is 0 Å². The fourth-order valence-corrected chi connectivity index (χ4v) is 1.37. The fourth-order valence-electron chi connectivity index (χ4n) is 0.218. The normalized spacial score (nSPS) is 12.2. The summed E-state index contributed by atoms with van der Waals surface area (Å²) in [7, 11) is -11.7. The van der Waals surface area contributed by atoms with E-state index in [9.17, 15) is 29.4 Å². The van der Waals surface area contributed by atoms with Crippen LogP contribution < -0.4 is 0 Å². The topological polar surface area (TPSA) is 85.3 Å². The fraction of sp³-hybridized carbons (Fsp3) is 0. The predicted molar refractivity (Wildman–Crippen MR) is 29.3 cm³/mol. The maximum atomic E-state index is 11.6. The van der Waals surface area contributed by atoms with Crippen LogP contribution in [0.4, 0.5) is 7.77 Å². The monoisotopic (exact) mass is 206 g/mol. The van der Waals surface area contributed by atoms with Crippen molar-refractivity contribution in [3.63, 3.8) is 0 Å². The van der Waals surface area contributed by atoms with Gasteiger partial charge < -0.3 is 0 Å². The van der Waals surface area contributed by atoms with Crippen molar-refractivity contribution in [2.24, 2.45) is 0 Å². The van der Waals surface area contributed by atoms with Gasteiger partial charge in [0.25, 0.3) is 0 Å². The summed E-state index contributed by atoms with van der Waals surface area (Å²) in [5, 5.41) is 0. The van der Waals surface area contributed by atoms with Gasteiger partial charge in [0.05, 0.1) is 0 Å². The lowest BCUT2D eigenvalue weighted by atomic mass is 11.2. The standard InChI is InChI=1S/C2F2O5S2/c3-10(6,7)2(1-5)11(4,8)9. The van der Waals surface area contributed by atoms with Gasteiger partial charge in [0.15, 0.2) is 5.94 Å². The molecular formula is C2F2O5S2. The van der Waals surface area contributed by atoms with E-state index in [2.05, 4.69) is 0 Å². The molecule has 0 fully saturated rings. The van der Waals surface area contributed by atoms with Crippen LogP contribution >= 0.6 is 0 Å². The average molecular weight is 206 g/mol. The van der Waals surface area contributed by atoms with Crippen molar-refractivity contribution >= 4 is 26.4 Å². The Bertz CT molecular complexity index is 362. The summed E-state index contributed by atoms with van der Waals surface area (Å²) in [5.74, 6) is 0.123. The van der Waals surface area contributed by atoms with Crippen LogP contribution in [0.25, 0.3) is 0 Å². The molecule has 0 aliphatic heterocycles. The molecule has 0 bridgehead atoms. The molecule has 0 saturated heterocycles. The van der Waals surface area contributed by atoms with E-state index in [-0.39, 0.29) is 5.94 Å². The third kappa shape index (κ3) is 2.74. The molecule has 11 heavy (non-hydrogen) atoms. The van der Waals surface area contributed by atoms with Crippen molar-refractivity contribution in [1.82, 2.24) is 0 Å². The Balaban J connectivity index is 5.65. The smallest absolute Gasteiger partial charge is 0.231 e. The lowest BCUT2D eigenvalue weighted by molar-refractivity contribution is 0.547. The molecule has 0 amide bonds. The molecule has 0 aromatic rings. The van der Waals surface area contributed by atoms with E-state index in [1.165, 1.54) is 0 Å². The molecule has 0 N–H and O–H groups in total. The molecule has 0 aromatic heterocycles. The van der Waals surface area contributed by atoms with Gasteiger partial charge in [-0.3, -0.25) is 0 Å². The first-order valence-electron chi connectivity index (χ1n) is 1.84. The van der Waals surface area contributed by atoms with Gasteiger partial charge in [0, 0.05) is 0 Å². The zero-order chi connectivity index (χ0) is 9.28. The summed E-state index contributed by atoms with van der Waals surface area (Å²) >= 11 is 0. The van der Waals surface area contributed by atoms with E-state index in [1.807, 2.05) is 0 Å². The van der Waals surface area contributed by atoms with Crippen LogP contribution in [-0.4, -0.2) is 22.8 Å². The second-order valence-electron chi connectivity index (χ2n) is 1.27. The highest BCUT2D eigenvalue weighted by molar-refractivity contribution is 8.10. The summed E-state index contributed by atoms with van der Waals surface area (Å²) in [4.78, 5) is 9.40. The summed E-state index contributed by atoms with van der Waals surface area (Å²) in [6.07, 6.45) is 0. The van der Waals surface area contributed by atoms with Crippen molar-refractivity contribution < 1.29 is 29.4 Å². The number of carbonyl (C=O) groups excluding carboxylic acids is 1. The maximum absolute atomic E-state index is 11.6. The second kappa shape index (κ2) is 2.68. The SMILES string of the molecule is O=C=C(S(=O)(=O)F)S(=O)(=O)F. The number of halogens is 2. The molecule has 0 unspecified atom stereocenters. The van der Waals surface area contributed by atoms with Gasteiger partial charge in [-0.05, 0) is 0 Å².